The van der Waals surface area contributed by atoms with Crippen LogP contribution in [0.4, 0.5) is 0 Å². The first-order valence-corrected chi connectivity index (χ1v) is 20.6. The molecule has 0 saturated heterocycles. The number of furan rings is 1. The molecule has 13 rings (SSSR count). The second kappa shape index (κ2) is 12.2. The van der Waals surface area contributed by atoms with Gasteiger partial charge in [0, 0.05) is 32.9 Å². The third kappa shape index (κ3) is 4.76. The molecule has 0 unspecified atom stereocenters. The van der Waals surface area contributed by atoms with E-state index in [0.29, 0.717) is 17.5 Å². The van der Waals surface area contributed by atoms with Crippen LogP contribution in [0.25, 0.3) is 121 Å². The lowest BCUT2D eigenvalue weighted by atomic mass is 9.82. The molecule has 2 heterocycles. The lowest BCUT2D eigenvalue weighted by Gasteiger charge is -2.21. The van der Waals surface area contributed by atoms with E-state index in [1.165, 1.54) is 70.7 Å². The van der Waals surface area contributed by atoms with E-state index in [1.54, 1.807) is 0 Å². The van der Waals surface area contributed by atoms with Gasteiger partial charge in [0.15, 0.2) is 17.5 Å². The molecule has 12 aromatic rings. The Balaban J connectivity index is 1.07. The Morgan fingerprint density at radius 2 is 0.983 bits per heavy atom. The normalized spacial score (nSPS) is 13.3. The number of benzene rings is 10. The predicted octanol–water partition coefficient (Wildman–Crippen LogP) is 14.8. The van der Waals surface area contributed by atoms with E-state index in [2.05, 4.69) is 184 Å². The minimum Gasteiger partial charge on any atom is -0.456 e. The molecule has 0 N–H and O–H groups in total. The van der Waals surface area contributed by atoms with Crippen LogP contribution in [0.2, 0.25) is 0 Å². The van der Waals surface area contributed by atoms with Crippen molar-refractivity contribution < 1.29 is 4.42 Å². The minimum atomic E-state index is -0.134. The Morgan fingerprint density at radius 1 is 0.350 bits per heavy atom. The van der Waals surface area contributed by atoms with Gasteiger partial charge in [-0.05, 0) is 106 Å². The Labute approximate surface area is 345 Å². The molecule has 1 aliphatic carbocycles. The zero-order chi connectivity index (χ0) is 39.7. The van der Waals surface area contributed by atoms with E-state index in [9.17, 15) is 0 Å². The highest BCUT2D eigenvalue weighted by atomic mass is 16.3. The average molecular weight is 766 g/mol. The third-order valence-corrected chi connectivity index (χ3v) is 13.1. The molecule has 10 aromatic carbocycles. The molecule has 60 heavy (non-hydrogen) atoms. The van der Waals surface area contributed by atoms with Gasteiger partial charge in [0.25, 0.3) is 0 Å². The van der Waals surface area contributed by atoms with Crippen LogP contribution < -0.4 is 0 Å². The number of aromatic nitrogens is 3. The maximum absolute atomic E-state index is 6.69. The van der Waals surface area contributed by atoms with Crippen LogP contribution in [-0.4, -0.2) is 15.0 Å². The van der Waals surface area contributed by atoms with Crippen molar-refractivity contribution in [1.82, 2.24) is 15.0 Å². The maximum Gasteiger partial charge on any atom is 0.164 e. The van der Waals surface area contributed by atoms with Gasteiger partial charge >= 0.3 is 0 Å². The largest absolute Gasteiger partial charge is 0.456 e. The topological polar surface area (TPSA) is 51.8 Å². The maximum atomic E-state index is 6.69. The van der Waals surface area contributed by atoms with Crippen molar-refractivity contribution in [2.45, 2.75) is 19.3 Å². The Morgan fingerprint density at radius 3 is 1.87 bits per heavy atom. The van der Waals surface area contributed by atoms with Gasteiger partial charge in [0.2, 0.25) is 0 Å². The molecule has 0 spiro atoms. The summed E-state index contributed by atoms with van der Waals surface area (Å²) in [6.45, 7) is 4.61. The molecule has 2 aromatic heterocycles. The Kier molecular flexibility index (Phi) is 6.75. The zero-order valence-corrected chi connectivity index (χ0v) is 33.0. The zero-order valence-electron chi connectivity index (χ0n) is 33.0. The molecule has 0 radical (unpaired) electrons. The van der Waals surface area contributed by atoms with Crippen molar-refractivity contribution in [3.63, 3.8) is 0 Å². The van der Waals surface area contributed by atoms with Gasteiger partial charge < -0.3 is 4.42 Å². The van der Waals surface area contributed by atoms with Crippen molar-refractivity contribution in [1.29, 1.82) is 0 Å². The lowest BCUT2D eigenvalue weighted by molar-refractivity contribution is 0.647. The molecule has 0 amide bonds. The van der Waals surface area contributed by atoms with E-state index in [1.807, 2.05) is 6.07 Å². The second-order valence-corrected chi connectivity index (χ2v) is 16.8. The highest BCUT2D eigenvalue weighted by molar-refractivity contribution is 6.25. The van der Waals surface area contributed by atoms with Gasteiger partial charge in [-0.15, -0.1) is 0 Å². The van der Waals surface area contributed by atoms with Gasteiger partial charge in [0.05, 0.1) is 0 Å². The fraction of sp³-hybridized carbons (Fsp3) is 0.0536. The molecular formula is C56H35N3O. The molecule has 280 valence electrons. The molecule has 4 heteroatoms. The van der Waals surface area contributed by atoms with Gasteiger partial charge in [-0.1, -0.05) is 159 Å². The van der Waals surface area contributed by atoms with Crippen LogP contribution in [0, 0.1) is 0 Å². The van der Waals surface area contributed by atoms with Crippen molar-refractivity contribution >= 4 is 75.8 Å². The van der Waals surface area contributed by atoms with Gasteiger partial charge in [-0.2, -0.15) is 0 Å². The summed E-state index contributed by atoms with van der Waals surface area (Å²) in [7, 11) is 0. The number of hydrogen-bond acceptors (Lipinski definition) is 4. The molecule has 0 bridgehead atoms. The molecule has 0 fully saturated rings. The highest BCUT2D eigenvalue weighted by Crippen LogP contribution is 2.51. The number of rotatable bonds is 3. The third-order valence-electron chi connectivity index (χ3n) is 13.1. The first-order chi connectivity index (χ1) is 29.5. The smallest absolute Gasteiger partial charge is 0.164 e. The summed E-state index contributed by atoms with van der Waals surface area (Å²) in [5.41, 5.74) is 9.45. The number of fused-ring (bicyclic) bond motifs is 14. The van der Waals surface area contributed by atoms with Crippen molar-refractivity contribution in [2.24, 2.45) is 0 Å². The summed E-state index contributed by atoms with van der Waals surface area (Å²) in [6, 6.07) is 63.1. The first kappa shape index (κ1) is 33.3. The van der Waals surface area contributed by atoms with Crippen LogP contribution in [0.15, 0.2) is 180 Å². The summed E-state index contributed by atoms with van der Waals surface area (Å²) >= 11 is 0. The van der Waals surface area contributed by atoms with Crippen molar-refractivity contribution in [3.8, 4) is 45.3 Å². The molecule has 0 atom stereocenters. The van der Waals surface area contributed by atoms with Crippen LogP contribution in [0.1, 0.15) is 25.0 Å². The number of hydrogen-bond donors (Lipinski definition) is 0. The fourth-order valence-corrected chi connectivity index (χ4v) is 10.1. The van der Waals surface area contributed by atoms with E-state index >= 15 is 0 Å². The Bertz CT molecular complexity index is 3820. The van der Waals surface area contributed by atoms with Crippen LogP contribution in [0.5, 0.6) is 0 Å². The van der Waals surface area contributed by atoms with Crippen LogP contribution in [0.3, 0.4) is 0 Å². The van der Waals surface area contributed by atoms with Gasteiger partial charge in [0.1, 0.15) is 11.2 Å². The summed E-state index contributed by atoms with van der Waals surface area (Å²) in [5.74, 6) is 1.85. The number of nitrogens with zero attached hydrogens (tertiary/aromatic N) is 3. The van der Waals surface area contributed by atoms with Crippen LogP contribution in [-0.2, 0) is 5.41 Å². The molecule has 0 saturated carbocycles. The summed E-state index contributed by atoms with van der Waals surface area (Å²) in [6.07, 6.45) is 0. The van der Waals surface area contributed by atoms with Gasteiger partial charge in [-0.3, -0.25) is 0 Å². The van der Waals surface area contributed by atoms with Gasteiger partial charge in [-0.25, -0.2) is 15.0 Å². The summed E-state index contributed by atoms with van der Waals surface area (Å²) < 4.78 is 6.69. The highest BCUT2D eigenvalue weighted by Gasteiger charge is 2.36. The van der Waals surface area contributed by atoms with E-state index in [4.69, 9.17) is 19.4 Å². The van der Waals surface area contributed by atoms with Crippen molar-refractivity contribution in [2.75, 3.05) is 0 Å². The predicted molar refractivity (Wildman–Crippen MR) is 249 cm³/mol. The lowest BCUT2D eigenvalue weighted by Crippen LogP contribution is -2.14. The monoisotopic (exact) mass is 765 g/mol. The molecule has 0 aliphatic heterocycles. The first-order valence-electron chi connectivity index (χ1n) is 20.6. The summed E-state index contributed by atoms with van der Waals surface area (Å²) in [4.78, 5) is 15.9. The van der Waals surface area contributed by atoms with Crippen molar-refractivity contribution in [3.05, 3.63) is 187 Å². The standard InChI is InChI=1S/C56H35N3O/c1-56(2)47-16-8-7-14-41(47)45-30-46-50(31-48(45)56)60-49-17-9-15-43(52(46)49)55-58-53(37-22-18-32-10-3-4-12-36(32)28-37)57-54(59-55)38-23-20-34-19-21-35-25-26-40-39-13-6-5-11-33(39)24-27-42(40)51(35)44(34)29-38/h3-31H,1-2H3. The van der Waals surface area contributed by atoms with Crippen LogP contribution >= 0.6 is 0 Å². The quantitative estimate of drug-likeness (QED) is 0.168. The fourth-order valence-electron chi connectivity index (χ4n) is 10.1. The summed E-state index contributed by atoms with van der Waals surface area (Å²) in [5, 5.41) is 14.1. The van der Waals surface area contributed by atoms with E-state index < -0.39 is 0 Å². The molecular weight excluding hydrogens is 731 g/mol. The second-order valence-electron chi connectivity index (χ2n) is 16.8. The SMILES string of the molecule is CC1(C)c2ccccc2-c2cc3c(cc21)oc1cccc(-c2nc(-c4ccc5ccccc5c4)nc(-c4ccc5ccc6ccc7c8ccccc8ccc7c6c5c4)n2)c13. The Hall–Kier alpha value is -7.69. The molecule has 4 nitrogen and oxygen atoms in total. The van der Waals surface area contributed by atoms with E-state index in [-0.39, 0.29) is 5.41 Å². The van der Waals surface area contributed by atoms with E-state index in [0.717, 1.165) is 44.0 Å². The average Bonchev–Trinajstić information content (AvgIpc) is 3.78. The minimum absolute atomic E-state index is 0.134. The molecule has 1 aliphatic rings.